The van der Waals surface area contributed by atoms with Crippen LogP contribution in [-0.2, 0) is 6.61 Å². The first-order chi connectivity index (χ1) is 8.83. The van der Waals surface area contributed by atoms with Gasteiger partial charge in [0.25, 0.3) is 5.56 Å². The lowest BCUT2D eigenvalue weighted by molar-refractivity contribution is 0.0716. The number of H-pyrrole nitrogens is 1. The van der Waals surface area contributed by atoms with Gasteiger partial charge < -0.3 is 9.82 Å². The van der Waals surface area contributed by atoms with Crippen molar-refractivity contribution < 1.29 is 4.84 Å². The van der Waals surface area contributed by atoms with Crippen molar-refractivity contribution in [3.8, 4) is 0 Å². The highest BCUT2D eigenvalue weighted by Crippen LogP contribution is 2.05. The summed E-state index contributed by atoms with van der Waals surface area (Å²) in [5.74, 6) is 0. The van der Waals surface area contributed by atoms with E-state index in [9.17, 15) is 4.79 Å². The Labute approximate surface area is 103 Å². The molecule has 0 amide bonds. The molecule has 0 spiro atoms. The Bertz CT molecular complexity index is 716. The van der Waals surface area contributed by atoms with Gasteiger partial charge in [-0.3, -0.25) is 4.79 Å². The van der Waals surface area contributed by atoms with Crippen LogP contribution in [0.4, 0.5) is 0 Å². The van der Waals surface area contributed by atoms with E-state index >= 15 is 0 Å². The van der Waals surface area contributed by atoms with Gasteiger partial charge in [-0.05, 0) is 11.6 Å². The van der Waals surface area contributed by atoms with E-state index in [1.807, 2.05) is 30.3 Å². The molecular weight excluding hydrogens is 230 g/mol. The number of nitrogens with one attached hydrogen (secondary N) is 1. The third kappa shape index (κ3) is 1.98. The second-order valence-corrected chi connectivity index (χ2v) is 3.90. The average Bonchev–Trinajstić information content (AvgIpc) is 2.82. The van der Waals surface area contributed by atoms with Gasteiger partial charge in [-0.2, -0.15) is 0 Å². The van der Waals surface area contributed by atoms with Gasteiger partial charge in [-0.15, -0.1) is 9.94 Å². The predicted molar refractivity (Wildman–Crippen MR) is 67.1 cm³/mol. The molecule has 1 aromatic carbocycles. The summed E-state index contributed by atoms with van der Waals surface area (Å²) in [4.78, 5) is 20.9. The molecule has 90 valence electrons. The molecule has 0 radical (unpaired) electrons. The van der Waals surface area contributed by atoms with Gasteiger partial charge in [-0.1, -0.05) is 30.3 Å². The van der Waals surface area contributed by atoms with Crippen LogP contribution in [0.2, 0.25) is 0 Å². The monoisotopic (exact) mass is 241 g/mol. The highest BCUT2D eigenvalue weighted by Gasteiger charge is 2.04. The Morgan fingerprint density at radius 3 is 2.83 bits per heavy atom. The second kappa shape index (κ2) is 4.37. The highest BCUT2D eigenvalue weighted by atomic mass is 16.7. The number of pyridine rings is 1. The molecule has 3 aromatic rings. The summed E-state index contributed by atoms with van der Waals surface area (Å²) in [6, 6.07) is 11.5. The smallest absolute Gasteiger partial charge is 0.259 e. The number of aromatic nitrogens is 3. The minimum Gasteiger partial charge on any atom is -0.392 e. The minimum absolute atomic E-state index is 0.165. The number of benzene rings is 1. The van der Waals surface area contributed by atoms with E-state index in [1.165, 1.54) is 4.85 Å². The fourth-order valence-corrected chi connectivity index (χ4v) is 1.72. The third-order valence-corrected chi connectivity index (χ3v) is 2.63. The van der Waals surface area contributed by atoms with E-state index in [4.69, 9.17) is 4.84 Å². The Balaban J connectivity index is 1.83. The van der Waals surface area contributed by atoms with Crippen molar-refractivity contribution in [2.24, 2.45) is 0 Å². The fraction of sp³-hybridized carbons (Fsp3) is 0.0769. The van der Waals surface area contributed by atoms with Crippen LogP contribution >= 0.6 is 0 Å². The maximum atomic E-state index is 11.5. The van der Waals surface area contributed by atoms with E-state index in [-0.39, 0.29) is 5.56 Å². The molecule has 2 heterocycles. The zero-order chi connectivity index (χ0) is 12.4. The summed E-state index contributed by atoms with van der Waals surface area (Å²) in [5.41, 5.74) is 1.50. The first-order valence-corrected chi connectivity index (χ1v) is 5.57. The lowest BCUT2D eigenvalue weighted by atomic mass is 10.2. The summed E-state index contributed by atoms with van der Waals surface area (Å²) in [6.07, 6.45) is 3.15. The van der Waals surface area contributed by atoms with Gasteiger partial charge in [0.05, 0.1) is 11.6 Å². The van der Waals surface area contributed by atoms with Crippen LogP contribution in [0.5, 0.6) is 0 Å². The Kier molecular flexibility index (Phi) is 2.57. The number of fused-ring (bicyclic) bond motifs is 1. The molecule has 0 bridgehead atoms. The van der Waals surface area contributed by atoms with Crippen LogP contribution in [0.25, 0.3) is 10.9 Å². The molecule has 18 heavy (non-hydrogen) atoms. The number of hydrogen-bond donors (Lipinski definition) is 1. The molecule has 3 rings (SSSR count). The van der Waals surface area contributed by atoms with E-state index in [0.29, 0.717) is 17.5 Å². The largest absolute Gasteiger partial charge is 0.392 e. The summed E-state index contributed by atoms with van der Waals surface area (Å²) in [7, 11) is 0. The van der Waals surface area contributed by atoms with Crippen LogP contribution < -0.4 is 10.4 Å². The molecule has 0 aliphatic rings. The van der Waals surface area contributed by atoms with E-state index in [0.717, 1.165) is 5.56 Å². The highest BCUT2D eigenvalue weighted by molar-refractivity contribution is 5.76. The van der Waals surface area contributed by atoms with Gasteiger partial charge in [-0.25, -0.2) is 0 Å². The number of rotatable bonds is 3. The maximum Gasteiger partial charge on any atom is 0.259 e. The number of aromatic amines is 1. The fourth-order valence-electron chi connectivity index (χ4n) is 1.72. The van der Waals surface area contributed by atoms with E-state index in [1.54, 1.807) is 18.5 Å². The van der Waals surface area contributed by atoms with Crippen molar-refractivity contribution in [3.63, 3.8) is 0 Å². The molecule has 0 unspecified atom stereocenters. The summed E-state index contributed by atoms with van der Waals surface area (Å²) < 4.78 is 0. The third-order valence-electron chi connectivity index (χ3n) is 2.63. The molecule has 0 aliphatic heterocycles. The van der Waals surface area contributed by atoms with Crippen LogP contribution in [0.3, 0.4) is 0 Å². The van der Waals surface area contributed by atoms with Gasteiger partial charge >= 0.3 is 0 Å². The first-order valence-electron chi connectivity index (χ1n) is 5.57. The summed E-state index contributed by atoms with van der Waals surface area (Å²) >= 11 is 0. The minimum atomic E-state index is -0.165. The zero-order valence-corrected chi connectivity index (χ0v) is 9.54. The van der Waals surface area contributed by atoms with Gasteiger partial charge in [0.1, 0.15) is 12.1 Å². The Morgan fingerprint density at radius 2 is 2.06 bits per heavy atom. The molecule has 1 N–H and O–H groups in total. The normalized spacial score (nSPS) is 10.7. The van der Waals surface area contributed by atoms with E-state index < -0.39 is 0 Å². The molecule has 0 saturated carbocycles. The van der Waals surface area contributed by atoms with Crippen LogP contribution in [0.15, 0.2) is 53.6 Å². The van der Waals surface area contributed by atoms with Crippen LogP contribution in [0.1, 0.15) is 5.56 Å². The summed E-state index contributed by atoms with van der Waals surface area (Å²) in [6.45, 7) is 0.409. The SMILES string of the molecule is O=c1[nH]ccc2nn(OCc3ccccc3)cc12. The molecule has 0 fully saturated rings. The number of hydrogen-bond acceptors (Lipinski definition) is 3. The average molecular weight is 241 g/mol. The van der Waals surface area contributed by atoms with Crippen molar-refractivity contribution in [2.75, 3.05) is 0 Å². The molecule has 0 saturated heterocycles. The quantitative estimate of drug-likeness (QED) is 0.753. The second-order valence-electron chi connectivity index (χ2n) is 3.90. The molecular formula is C13H11N3O2. The lowest BCUT2D eigenvalue weighted by Crippen LogP contribution is -2.11. The van der Waals surface area contributed by atoms with Crippen LogP contribution in [0, 0.1) is 0 Å². The van der Waals surface area contributed by atoms with Crippen molar-refractivity contribution in [1.82, 2.24) is 14.9 Å². The molecule has 0 aliphatic carbocycles. The topological polar surface area (TPSA) is 59.9 Å². The van der Waals surface area contributed by atoms with Crippen molar-refractivity contribution in [2.45, 2.75) is 6.61 Å². The zero-order valence-electron chi connectivity index (χ0n) is 9.54. The molecule has 2 aromatic heterocycles. The number of nitrogens with zero attached hydrogens (tertiary/aromatic N) is 2. The van der Waals surface area contributed by atoms with E-state index in [2.05, 4.69) is 10.1 Å². The van der Waals surface area contributed by atoms with Gasteiger partial charge in [0, 0.05) is 6.20 Å². The molecule has 0 atom stereocenters. The maximum absolute atomic E-state index is 11.5. The summed E-state index contributed by atoms with van der Waals surface area (Å²) in [5, 5.41) is 4.68. The van der Waals surface area contributed by atoms with Crippen molar-refractivity contribution in [1.29, 1.82) is 0 Å². The van der Waals surface area contributed by atoms with Gasteiger partial charge in [0.15, 0.2) is 0 Å². The van der Waals surface area contributed by atoms with Crippen molar-refractivity contribution in [3.05, 3.63) is 64.7 Å². The first kappa shape index (κ1) is 10.6. The van der Waals surface area contributed by atoms with Crippen LogP contribution in [-0.4, -0.2) is 14.9 Å². The van der Waals surface area contributed by atoms with Gasteiger partial charge in [0.2, 0.25) is 0 Å². The lowest BCUT2D eigenvalue weighted by Gasteiger charge is -2.03. The van der Waals surface area contributed by atoms with Crippen molar-refractivity contribution >= 4 is 10.9 Å². The standard InChI is InChI=1S/C13H11N3O2/c17-13-11-8-16(15-12(11)6-7-14-13)18-9-10-4-2-1-3-5-10/h1-8H,9H2,(H,14,17). The predicted octanol–water partition coefficient (Wildman–Crippen LogP) is 1.35. The Morgan fingerprint density at radius 1 is 1.22 bits per heavy atom. The molecule has 5 heteroatoms. The molecule has 5 nitrogen and oxygen atoms in total. The Hall–Kier alpha value is -2.56.